The van der Waals surface area contributed by atoms with Crippen molar-refractivity contribution >= 4 is 39.6 Å². The number of benzene rings is 3. The third kappa shape index (κ3) is 10.4. The number of nitrogens with one attached hydrogen (secondary N) is 2. The molecule has 3 aromatic rings. The maximum absolute atomic E-state index is 15.2. The maximum atomic E-state index is 15.2. The number of hydrogen-bond donors (Lipinski definition) is 2. The van der Waals surface area contributed by atoms with Crippen molar-refractivity contribution in [1.29, 1.82) is 0 Å². The summed E-state index contributed by atoms with van der Waals surface area (Å²) in [6.07, 6.45) is 2.71. The van der Waals surface area contributed by atoms with Crippen molar-refractivity contribution in [3.05, 3.63) is 120 Å². The molecule has 0 unspecified atom stereocenters. The number of carbonyl (C=O) groups excluding carboxylic acids is 4. The number of para-hydroxylation sites is 1. The second-order valence-electron chi connectivity index (χ2n) is 16.3. The second kappa shape index (κ2) is 19.4. The van der Waals surface area contributed by atoms with E-state index in [1.54, 1.807) is 39.8 Å². The predicted octanol–water partition coefficient (Wildman–Crippen LogP) is 5.88. The number of amides is 3. The van der Waals surface area contributed by atoms with Gasteiger partial charge in [-0.2, -0.15) is 4.31 Å². The molecule has 1 saturated carbocycles. The third-order valence-electron chi connectivity index (χ3n) is 11.0. The van der Waals surface area contributed by atoms with Crippen molar-refractivity contribution in [3.63, 3.8) is 0 Å². The Hall–Kier alpha value is -5.91. The first-order chi connectivity index (χ1) is 29.4. The van der Waals surface area contributed by atoms with Gasteiger partial charge in [0, 0.05) is 38.6 Å². The van der Waals surface area contributed by atoms with E-state index in [1.165, 1.54) is 24.1 Å². The number of nitro groups is 1. The van der Waals surface area contributed by atoms with Crippen LogP contribution in [0, 0.1) is 16.0 Å². The van der Waals surface area contributed by atoms with Gasteiger partial charge in [-0.3, -0.25) is 19.7 Å². The number of alkyl carbamates (subject to hydrolysis) is 1. The Balaban J connectivity index is 1.61. The molecular weight excluding hydrogens is 819 g/mol. The Kier molecular flexibility index (Phi) is 14.8. The molecule has 2 fully saturated rings. The lowest BCUT2D eigenvalue weighted by atomic mass is 9.89. The molecule has 5 atom stereocenters. The molecule has 3 amide bonds. The Labute approximate surface area is 362 Å². The minimum Gasteiger partial charge on any atom is -0.464 e. The zero-order valence-electron chi connectivity index (χ0n) is 35.7. The van der Waals surface area contributed by atoms with E-state index < -0.39 is 90.7 Å². The van der Waals surface area contributed by atoms with Gasteiger partial charge in [-0.1, -0.05) is 78.9 Å². The molecule has 0 aromatic heterocycles. The van der Waals surface area contributed by atoms with Gasteiger partial charge in [-0.25, -0.2) is 18.0 Å². The summed E-state index contributed by atoms with van der Waals surface area (Å²) in [6, 6.07) is 18.9. The summed E-state index contributed by atoms with van der Waals surface area (Å²) in [5.41, 5.74) is -2.00. The summed E-state index contributed by atoms with van der Waals surface area (Å²) in [6.45, 7) is 12.8. The molecule has 16 nitrogen and oxygen atoms in total. The molecule has 3 aromatic carbocycles. The van der Waals surface area contributed by atoms with E-state index in [0.717, 1.165) is 27.6 Å². The van der Waals surface area contributed by atoms with Crippen molar-refractivity contribution in [2.75, 3.05) is 33.4 Å². The predicted molar refractivity (Wildman–Crippen MR) is 231 cm³/mol. The SMILES string of the molecule is C=CCCCN(C[C@H](NC(=O)OC(C)(C)C)C(=O)N1C[C@](OC)(c2ccc(-c3ccccc3)cc2)C[C@H]1C(=O)N[C@]1(C(=O)OCC)C[C@H]1C=C)S(=O)(=O)c1ccccc1[N+](=O)[O-]. The molecule has 1 saturated heterocycles. The van der Waals surface area contributed by atoms with E-state index in [1.807, 2.05) is 54.6 Å². The van der Waals surface area contributed by atoms with Gasteiger partial charge in [0.25, 0.3) is 5.69 Å². The Morgan fingerprint density at radius 2 is 1.65 bits per heavy atom. The van der Waals surface area contributed by atoms with Crippen LogP contribution in [0.3, 0.4) is 0 Å². The van der Waals surface area contributed by atoms with Crippen LogP contribution in [0.15, 0.2) is 109 Å². The molecule has 1 heterocycles. The fourth-order valence-electron chi connectivity index (χ4n) is 7.70. The molecule has 5 rings (SSSR count). The largest absolute Gasteiger partial charge is 0.464 e. The summed E-state index contributed by atoms with van der Waals surface area (Å²) in [5.74, 6) is -2.72. The molecule has 0 radical (unpaired) electrons. The molecule has 1 aliphatic carbocycles. The van der Waals surface area contributed by atoms with Crippen LogP contribution in [-0.4, -0.2) is 103 Å². The van der Waals surface area contributed by atoms with Crippen molar-refractivity contribution < 1.29 is 46.7 Å². The average molecular weight is 874 g/mol. The lowest BCUT2D eigenvalue weighted by Crippen LogP contribution is -2.59. The number of sulfonamides is 1. The molecule has 0 bridgehead atoms. The van der Waals surface area contributed by atoms with Gasteiger partial charge in [-0.05, 0) is 69.7 Å². The first-order valence-electron chi connectivity index (χ1n) is 20.3. The molecule has 17 heteroatoms. The van der Waals surface area contributed by atoms with E-state index in [0.29, 0.717) is 12.0 Å². The highest BCUT2D eigenvalue weighted by atomic mass is 32.2. The number of likely N-dealkylation sites (tertiary alicyclic amines) is 1. The normalized spacial score (nSPS) is 21.4. The highest BCUT2D eigenvalue weighted by Crippen LogP contribution is 2.47. The van der Waals surface area contributed by atoms with Crippen molar-refractivity contribution in [3.8, 4) is 11.1 Å². The number of ether oxygens (including phenoxy) is 3. The summed E-state index contributed by atoms with van der Waals surface area (Å²) < 4.78 is 46.8. The topological polar surface area (TPSA) is 204 Å². The molecule has 2 N–H and O–H groups in total. The number of methoxy groups -OCH3 is 1. The first kappa shape index (κ1) is 47.1. The van der Waals surface area contributed by atoms with Crippen LogP contribution in [0.2, 0.25) is 0 Å². The van der Waals surface area contributed by atoms with Gasteiger partial charge in [0.15, 0.2) is 4.90 Å². The molecule has 62 heavy (non-hydrogen) atoms. The van der Waals surface area contributed by atoms with Crippen LogP contribution in [0.5, 0.6) is 0 Å². The summed E-state index contributed by atoms with van der Waals surface area (Å²) in [5, 5.41) is 17.4. The van der Waals surface area contributed by atoms with Gasteiger partial charge in [-0.15, -0.1) is 13.2 Å². The van der Waals surface area contributed by atoms with E-state index in [4.69, 9.17) is 14.2 Å². The zero-order chi connectivity index (χ0) is 45.5. The molecule has 1 aliphatic heterocycles. The smallest absolute Gasteiger partial charge is 0.408 e. The van der Waals surface area contributed by atoms with Crippen LogP contribution in [0.4, 0.5) is 10.5 Å². The molecule has 2 aliphatic rings. The Morgan fingerprint density at radius 1 is 1.00 bits per heavy atom. The average Bonchev–Trinajstić information content (AvgIpc) is 3.81. The standard InChI is InChI=1S/C45H55N5O11S/c1-8-11-17-26-48(62(57,58)38-21-16-15-20-36(38)50(55)56)29-35(46-42(54)61-43(4,5)6)40(52)49-30-44(59-7,34-24-22-32(23-25-34)31-18-13-12-14-19-31)28-37(49)39(51)47-45(27-33(45)9-2)41(53)60-10-3/h8-9,12-16,18-25,33,35,37H,1-2,10-11,17,26-30H2,3-7H3,(H,46,54)(H,47,51)/t33-,35+,37+,44+,45-/m1/s1. The highest BCUT2D eigenvalue weighted by Gasteiger charge is 2.63. The third-order valence-corrected chi connectivity index (χ3v) is 12.9. The monoisotopic (exact) mass is 873 g/mol. The van der Waals surface area contributed by atoms with Crippen molar-refractivity contribution in [2.45, 2.75) is 87.1 Å². The van der Waals surface area contributed by atoms with Crippen LogP contribution < -0.4 is 10.6 Å². The quantitative estimate of drug-likeness (QED) is 0.0479. The summed E-state index contributed by atoms with van der Waals surface area (Å²) in [4.78, 5) is 68.5. The number of unbranched alkanes of at least 4 members (excludes halogenated alkanes) is 1. The van der Waals surface area contributed by atoms with Gasteiger partial charge >= 0.3 is 12.1 Å². The van der Waals surface area contributed by atoms with E-state index in [9.17, 15) is 32.9 Å². The Morgan fingerprint density at radius 3 is 2.23 bits per heavy atom. The fraction of sp³-hybridized carbons (Fsp3) is 0.422. The van der Waals surface area contributed by atoms with Gasteiger partial charge in [0.05, 0.1) is 18.1 Å². The summed E-state index contributed by atoms with van der Waals surface area (Å²) in [7, 11) is -3.27. The number of rotatable bonds is 19. The van der Waals surface area contributed by atoms with Gasteiger partial charge < -0.3 is 29.7 Å². The van der Waals surface area contributed by atoms with E-state index in [-0.39, 0.29) is 39.0 Å². The number of esters is 1. The lowest BCUT2D eigenvalue weighted by Gasteiger charge is -2.33. The highest BCUT2D eigenvalue weighted by molar-refractivity contribution is 7.89. The first-order valence-corrected chi connectivity index (χ1v) is 21.8. The Bertz CT molecular complexity index is 2260. The minimum atomic E-state index is -4.72. The van der Waals surface area contributed by atoms with E-state index in [2.05, 4.69) is 23.8 Å². The summed E-state index contributed by atoms with van der Waals surface area (Å²) >= 11 is 0. The molecule has 0 spiro atoms. The van der Waals surface area contributed by atoms with E-state index >= 15 is 4.79 Å². The number of allylic oxidation sites excluding steroid dienone is 1. The van der Waals surface area contributed by atoms with Crippen molar-refractivity contribution in [1.82, 2.24) is 19.8 Å². The molecule has 332 valence electrons. The zero-order valence-corrected chi connectivity index (χ0v) is 36.5. The number of nitrogens with zero attached hydrogens (tertiary/aromatic N) is 3. The fourth-order valence-corrected chi connectivity index (χ4v) is 9.35. The van der Waals surface area contributed by atoms with Gasteiger partial charge in [0.1, 0.15) is 28.8 Å². The van der Waals surface area contributed by atoms with Crippen LogP contribution in [0.25, 0.3) is 11.1 Å². The van der Waals surface area contributed by atoms with Crippen LogP contribution in [-0.2, 0) is 44.2 Å². The molecular formula is C45H55N5O11S. The van der Waals surface area contributed by atoms with Crippen LogP contribution in [0.1, 0.15) is 58.9 Å². The lowest BCUT2D eigenvalue weighted by molar-refractivity contribution is -0.387. The van der Waals surface area contributed by atoms with Crippen molar-refractivity contribution in [2.24, 2.45) is 5.92 Å². The number of nitro benzene ring substituents is 1. The maximum Gasteiger partial charge on any atom is 0.408 e. The second-order valence-corrected chi connectivity index (χ2v) is 18.2. The minimum absolute atomic E-state index is 0.0521. The number of carbonyl (C=O) groups is 4. The van der Waals surface area contributed by atoms with Crippen LogP contribution >= 0.6 is 0 Å². The van der Waals surface area contributed by atoms with Gasteiger partial charge in [0.2, 0.25) is 21.8 Å². The number of hydrogen-bond acceptors (Lipinski definition) is 11.